The summed E-state index contributed by atoms with van der Waals surface area (Å²) in [6, 6.07) is 12.1. The molecule has 3 rings (SSSR count). The van der Waals surface area contributed by atoms with Gasteiger partial charge in [-0.2, -0.15) is 13.2 Å². The topological polar surface area (TPSA) is 78.9 Å². The zero-order valence-electron chi connectivity index (χ0n) is 14.1. The maximum Gasteiger partial charge on any atom is 0.418 e. The van der Waals surface area contributed by atoms with Gasteiger partial charge in [-0.3, -0.25) is 5.32 Å². The first-order valence-electron chi connectivity index (χ1n) is 7.90. The van der Waals surface area contributed by atoms with Gasteiger partial charge in [0.15, 0.2) is 0 Å². The molecule has 0 unspecified atom stereocenters. The lowest BCUT2D eigenvalue weighted by molar-refractivity contribution is -0.136. The zero-order chi connectivity index (χ0) is 20.1. The summed E-state index contributed by atoms with van der Waals surface area (Å²) in [5.74, 6) is 0.463. The van der Waals surface area contributed by atoms with Gasteiger partial charge in [0.25, 0.3) is 0 Å². The van der Waals surface area contributed by atoms with Gasteiger partial charge >= 0.3 is 12.2 Å². The van der Waals surface area contributed by atoms with E-state index in [2.05, 4.69) is 25.9 Å². The van der Waals surface area contributed by atoms with E-state index in [1.165, 1.54) is 24.5 Å². The van der Waals surface area contributed by atoms with Crippen LogP contribution in [0.4, 0.5) is 41.0 Å². The number of halogens is 4. The quantitative estimate of drug-likeness (QED) is 0.530. The van der Waals surface area contributed by atoms with Crippen molar-refractivity contribution in [2.24, 2.45) is 0 Å². The van der Waals surface area contributed by atoms with Crippen molar-refractivity contribution in [1.82, 2.24) is 9.97 Å². The van der Waals surface area contributed by atoms with Crippen molar-refractivity contribution in [3.05, 3.63) is 71.5 Å². The van der Waals surface area contributed by atoms with E-state index in [1.54, 1.807) is 24.3 Å². The lowest BCUT2D eigenvalue weighted by Crippen LogP contribution is -2.22. The van der Waals surface area contributed by atoms with Gasteiger partial charge in [-0.25, -0.2) is 14.8 Å². The Hall–Kier alpha value is -3.33. The Morgan fingerprint density at radius 3 is 2.43 bits per heavy atom. The number of amides is 2. The summed E-state index contributed by atoms with van der Waals surface area (Å²) in [6.45, 7) is 0. The lowest BCUT2D eigenvalue weighted by Gasteiger charge is -2.14. The molecule has 0 atom stereocenters. The average Bonchev–Trinajstić information content (AvgIpc) is 2.61. The number of carbonyl (C=O) groups is 1. The Morgan fingerprint density at radius 1 is 0.929 bits per heavy atom. The predicted molar refractivity (Wildman–Crippen MR) is 101 cm³/mol. The van der Waals surface area contributed by atoms with Gasteiger partial charge in [-0.05, 0) is 30.3 Å². The van der Waals surface area contributed by atoms with Crippen LogP contribution in [0.15, 0.2) is 60.9 Å². The number of rotatable bonds is 4. The maximum absolute atomic E-state index is 13.0. The third-order valence-corrected chi connectivity index (χ3v) is 3.72. The number of anilines is 4. The molecule has 3 N–H and O–H groups in total. The van der Waals surface area contributed by atoms with Gasteiger partial charge in [-0.15, -0.1) is 0 Å². The van der Waals surface area contributed by atoms with Crippen molar-refractivity contribution in [2.45, 2.75) is 6.18 Å². The van der Waals surface area contributed by atoms with Gasteiger partial charge in [-0.1, -0.05) is 29.8 Å². The van der Waals surface area contributed by atoms with Crippen molar-refractivity contribution in [2.75, 3.05) is 16.0 Å². The largest absolute Gasteiger partial charge is 0.418 e. The standard InChI is InChI=1S/C18H13ClF3N5O/c19-11-4-3-5-12(8-11)25-15-9-16(24-10-23-15)27-17(28)26-14-7-2-1-6-13(14)18(20,21)22/h1-10H,(H3,23,24,25,26,27,28). The Balaban J connectivity index is 1.70. The molecule has 28 heavy (non-hydrogen) atoms. The van der Waals surface area contributed by atoms with Crippen molar-refractivity contribution < 1.29 is 18.0 Å². The molecule has 6 nitrogen and oxygen atoms in total. The molecule has 3 aromatic rings. The zero-order valence-corrected chi connectivity index (χ0v) is 14.8. The molecule has 2 aromatic carbocycles. The van der Waals surface area contributed by atoms with Crippen LogP contribution >= 0.6 is 11.6 Å². The number of nitrogens with zero attached hydrogens (tertiary/aromatic N) is 2. The van der Waals surface area contributed by atoms with E-state index in [1.807, 2.05) is 0 Å². The number of alkyl halides is 3. The molecular formula is C18H13ClF3N5O. The molecule has 0 saturated heterocycles. The van der Waals surface area contributed by atoms with Gasteiger partial charge in [0.05, 0.1) is 11.3 Å². The Bertz CT molecular complexity index is 997. The highest BCUT2D eigenvalue weighted by Gasteiger charge is 2.33. The summed E-state index contributed by atoms with van der Waals surface area (Å²) in [5.41, 5.74) is -0.643. The van der Waals surface area contributed by atoms with Crippen LogP contribution in [-0.4, -0.2) is 16.0 Å². The fourth-order valence-electron chi connectivity index (χ4n) is 2.32. The van der Waals surface area contributed by atoms with Crippen LogP contribution < -0.4 is 16.0 Å². The van der Waals surface area contributed by atoms with E-state index in [-0.39, 0.29) is 11.5 Å². The molecule has 0 aliphatic heterocycles. The second-order valence-corrected chi connectivity index (χ2v) is 5.98. The Morgan fingerprint density at radius 2 is 1.68 bits per heavy atom. The Labute approximate surface area is 162 Å². The van der Waals surface area contributed by atoms with Crippen LogP contribution in [0.2, 0.25) is 5.02 Å². The fraction of sp³-hybridized carbons (Fsp3) is 0.0556. The van der Waals surface area contributed by atoms with Crippen molar-refractivity contribution in [1.29, 1.82) is 0 Å². The molecule has 0 spiro atoms. The summed E-state index contributed by atoms with van der Waals surface area (Å²) in [4.78, 5) is 20.0. The molecule has 0 aliphatic rings. The SMILES string of the molecule is O=C(Nc1cc(Nc2cccc(Cl)c2)ncn1)Nc1ccccc1C(F)(F)F. The molecule has 1 heterocycles. The van der Waals surface area contributed by atoms with Gasteiger partial charge in [0.2, 0.25) is 0 Å². The van der Waals surface area contributed by atoms with E-state index in [0.29, 0.717) is 16.5 Å². The van der Waals surface area contributed by atoms with Crippen LogP contribution in [-0.2, 0) is 6.18 Å². The smallest absolute Gasteiger partial charge is 0.340 e. The molecular weight excluding hydrogens is 395 g/mol. The number of urea groups is 1. The number of aromatic nitrogens is 2. The highest BCUT2D eigenvalue weighted by Crippen LogP contribution is 2.34. The summed E-state index contributed by atoms with van der Waals surface area (Å²) >= 11 is 5.91. The monoisotopic (exact) mass is 407 g/mol. The highest BCUT2D eigenvalue weighted by atomic mass is 35.5. The first-order chi connectivity index (χ1) is 13.3. The molecule has 0 aliphatic carbocycles. The molecule has 0 saturated carbocycles. The summed E-state index contributed by atoms with van der Waals surface area (Å²) < 4.78 is 39.0. The highest BCUT2D eigenvalue weighted by molar-refractivity contribution is 6.30. The minimum atomic E-state index is -4.59. The van der Waals surface area contributed by atoms with E-state index >= 15 is 0 Å². The van der Waals surface area contributed by atoms with E-state index < -0.39 is 17.8 Å². The molecule has 2 amide bonds. The molecule has 1 aromatic heterocycles. The molecule has 0 bridgehead atoms. The minimum absolute atomic E-state index is 0.0986. The van der Waals surface area contributed by atoms with Crippen LogP contribution in [0, 0.1) is 0 Å². The number of para-hydroxylation sites is 1. The van der Waals surface area contributed by atoms with E-state index in [0.717, 1.165) is 12.1 Å². The van der Waals surface area contributed by atoms with Gasteiger partial charge in [0, 0.05) is 16.8 Å². The third-order valence-electron chi connectivity index (χ3n) is 3.49. The summed E-state index contributed by atoms with van der Waals surface area (Å²) in [7, 11) is 0. The number of carbonyl (C=O) groups excluding carboxylic acids is 1. The van der Waals surface area contributed by atoms with Crippen molar-refractivity contribution in [3.63, 3.8) is 0 Å². The van der Waals surface area contributed by atoms with Crippen LogP contribution in [0.3, 0.4) is 0 Å². The fourth-order valence-corrected chi connectivity index (χ4v) is 2.51. The molecule has 144 valence electrons. The van der Waals surface area contributed by atoms with Crippen molar-refractivity contribution in [3.8, 4) is 0 Å². The summed E-state index contributed by atoms with van der Waals surface area (Å²) in [6.07, 6.45) is -3.39. The second kappa shape index (κ2) is 8.13. The van der Waals surface area contributed by atoms with Crippen LogP contribution in [0.5, 0.6) is 0 Å². The first kappa shape index (κ1) is 19.4. The summed E-state index contributed by atoms with van der Waals surface area (Å²) in [5, 5.41) is 8.05. The minimum Gasteiger partial charge on any atom is -0.340 e. The van der Waals surface area contributed by atoms with Crippen LogP contribution in [0.25, 0.3) is 0 Å². The first-order valence-corrected chi connectivity index (χ1v) is 8.28. The van der Waals surface area contributed by atoms with Crippen molar-refractivity contribution >= 4 is 40.6 Å². The second-order valence-electron chi connectivity index (χ2n) is 5.55. The predicted octanol–water partition coefficient (Wildman–Crippen LogP) is 5.54. The van der Waals surface area contributed by atoms with E-state index in [4.69, 9.17) is 11.6 Å². The molecule has 0 fully saturated rings. The molecule has 10 heteroatoms. The number of hydrogen-bond donors (Lipinski definition) is 3. The number of hydrogen-bond acceptors (Lipinski definition) is 4. The van der Waals surface area contributed by atoms with E-state index in [9.17, 15) is 18.0 Å². The third kappa shape index (κ3) is 5.10. The van der Waals surface area contributed by atoms with Gasteiger partial charge < -0.3 is 10.6 Å². The number of benzene rings is 2. The Kier molecular flexibility index (Phi) is 5.65. The number of nitrogens with one attached hydrogen (secondary N) is 3. The van der Waals surface area contributed by atoms with Gasteiger partial charge in [0.1, 0.15) is 18.0 Å². The normalized spacial score (nSPS) is 11.0. The maximum atomic E-state index is 13.0. The molecule has 0 radical (unpaired) electrons. The van der Waals surface area contributed by atoms with Crippen LogP contribution in [0.1, 0.15) is 5.56 Å². The average molecular weight is 408 g/mol. The lowest BCUT2D eigenvalue weighted by atomic mass is 10.1.